The van der Waals surface area contributed by atoms with E-state index in [4.69, 9.17) is 8.85 Å². The average molecular weight is 319 g/mol. The number of carbonyl (C=O) groups is 1. The number of hydrogen-bond donors (Lipinski definition) is 0. The van der Waals surface area contributed by atoms with E-state index in [2.05, 4.69) is 4.74 Å². The molecule has 0 aliphatic heterocycles. The van der Waals surface area contributed by atoms with Crippen LogP contribution in [0.4, 0.5) is 0 Å². The maximum absolute atomic E-state index is 10.9. The van der Waals surface area contributed by atoms with E-state index < -0.39 is 9.28 Å². The molecule has 0 heterocycles. The van der Waals surface area contributed by atoms with Crippen molar-refractivity contribution in [3.63, 3.8) is 0 Å². The fraction of sp³-hybridized carbons (Fsp3) is 0.938. The summed E-state index contributed by atoms with van der Waals surface area (Å²) in [5, 5.41) is 0. The van der Waals surface area contributed by atoms with Gasteiger partial charge in [-0.3, -0.25) is 4.79 Å². The van der Waals surface area contributed by atoms with Gasteiger partial charge in [-0.1, -0.05) is 44.9 Å². The number of carbonyl (C=O) groups excluding carboxylic acids is 1. The summed E-state index contributed by atoms with van der Waals surface area (Å²) < 4.78 is 15.9. The largest absolute Gasteiger partial charge is 0.469 e. The van der Waals surface area contributed by atoms with Crippen LogP contribution in [-0.2, 0) is 18.4 Å². The van der Waals surface area contributed by atoms with Crippen LogP contribution in [0.25, 0.3) is 0 Å². The molecule has 0 aromatic heterocycles. The first kappa shape index (κ1) is 20.6. The lowest BCUT2D eigenvalue weighted by Crippen LogP contribution is -2.22. The molecule has 0 aliphatic rings. The number of hydrogen-bond acceptors (Lipinski definition) is 4. The molecule has 0 saturated heterocycles. The predicted octanol–water partition coefficient (Wildman–Crippen LogP) is 3.96. The third kappa shape index (κ3) is 14.3. The Hall–Kier alpha value is -0.393. The first-order valence-electron chi connectivity index (χ1n) is 8.54. The van der Waals surface area contributed by atoms with Gasteiger partial charge in [-0.2, -0.15) is 0 Å². The SMILES string of the molecule is CCO[SiH](CCCCCCCCCCC(=O)OC)OCC. The number of unbranched alkanes of at least 4 members (excludes halogenated alkanes) is 7. The molecule has 0 aromatic rings. The van der Waals surface area contributed by atoms with Gasteiger partial charge >= 0.3 is 15.3 Å². The van der Waals surface area contributed by atoms with Crippen molar-refractivity contribution in [1.82, 2.24) is 0 Å². The Labute approximate surface area is 132 Å². The average Bonchev–Trinajstić information content (AvgIpc) is 2.49. The van der Waals surface area contributed by atoms with Crippen LogP contribution >= 0.6 is 0 Å². The number of methoxy groups -OCH3 is 1. The zero-order valence-electron chi connectivity index (χ0n) is 14.2. The van der Waals surface area contributed by atoms with Crippen LogP contribution in [0.1, 0.15) is 71.6 Å². The lowest BCUT2D eigenvalue weighted by atomic mass is 10.1. The summed E-state index contributed by atoms with van der Waals surface area (Å²) in [4.78, 5) is 10.9. The third-order valence-electron chi connectivity index (χ3n) is 3.50. The topological polar surface area (TPSA) is 44.8 Å². The number of rotatable bonds is 15. The van der Waals surface area contributed by atoms with Gasteiger partial charge in [0.25, 0.3) is 0 Å². The molecule has 4 nitrogen and oxygen atoms in total. The Balaban J connectivity index is 3.26. The van der Waals surface area contributed by atoms with Gasteiger partial charge in [0.15, 0.2) is 0 Å². The standard InChI is InChI=1S/C16H34O4Si/c1-4-19-21(20-5-2)15-13-11-9-7-6-8-10-12-14-16(17)18-3/h21H,4-15H2,1-3H3. The second-order valence-corrected chi connectivity index (χ2v) is 7.39. The highest BCUT2D eigenvalue weighted by molar-refractivity contribution is 6.44. The van der Waals surface area contributed by atoms with Gasteiger partial charge in [0, 0.05) is 19.6 Å². The molecular formula is C16H34O4Si. The fourth-order valence-electron chi connectivity index (χ4n) is 2.33. The summed E-state index contributed by atoms with van der Waals surface area (Å²) in [6, 6.07) is 1.14. The summed E-state index contributed by atoms with van der Waals surface area (Å²) in [5.74, 6) is -0.0858. The maximum Gasteiger partial charge on any atom is 0.321 e. The Bertz CT molecular complexity index is 230. The molecule has 0 aromatic carbocycles. The Morgan fingerprint density at radius 2 is 1.29 bits per heavy atom. The zero-order chi connectivity index (χ0) is 15.8. The van der Waals surface area contributed by atoms with E-state index in [1.165, 1.54) is 45.6 Å². The van der Waals surface area contributed by atoms with E-state index in [1.807, 2.05) is 13.8 Å². The van der Waals surface area contributed by atoms with Crippen molar-refractivity contribution in [2.24, 2.45) is 0 Å². The highest BCUT2D eigenvalue weighted by atomic mass is 28.3. The van der Waals surface area contributed by atoms with Crippen LogP contribution < -0.4 is 0 Å². The molecule has 0 saturated carbocycles. The van der Waals surface area contributed by atoms with Gasteiger partial charge in [-0.05, 0) is 26.3 Å². The van der Waals surface area contributed by atoms with Crippen molar-refractivity contribution in [2.45, 2.75) is 77.7 Å². The van der Waals surface area contributed by atoms with Crippen molar-refractivity contribution in [1.29, 1.82) is 0 Å². The first-order valence-corrected chi connectivity index (χ1v) is 10.3. The van der Waals surface area contributed by atoms with Crippen molar-refractivity contribution >= 4 is 15.3 Å². The second-order valence-electron chi connectivity index (χ2n) is 5.28. The van der Waals surface area contributed by atoms with Gasteiger partial charge < -0.3 is 13.6 Å². The highest BCUT2D eigenvalue weighted by Crippen LogP contribution is 2.12. The van der Waals surface area contributed by atoms with E-state index in [1.54, 1.807) is 0 Å². The second kappa shape index (κ2) is 16.0. The Kier molecular flexibility index (Phi) is 15.7. The molecule has 0 atom stereocenters. The van der Waals surface area contributed by atoms with E-state index in [9.17, 15) is 4.79 Å². The molecule has 0 aliphatic carbocycles. The third-order valence-corrected chi connectivity index (χ3v) is 5.79. The molecule has 0 radical (unpaired) electrons. The number of esters is 1. The van der Waals surface area contributed by atoms with Crippen LogP contribution in [0.5, 0.6) is 0 Å². The maximum atomic E-state index is 10.9. The molecule has 0 unspecified atom stereocenters. The van der Waals surface area contributed by atoms with Gasteiger partial charge in [0.1, 0.15) is 0 Å². The van der Waals surface area contributed by atoms with Crippen LogP contribution in [-0.4, -0.2) is 35.6 Å². The van der Waals surface area contributed by atoms with Crippen LogP contribution in [0.15, 0.2) is 0 Å². The predicted molar refractivity (Wildman–Crippen MR) is 88.8 cm³/mol. The smallest absolute Gasteiger partial charge is 0.321 e. The van der Waals surface area contributed by atoms with Gasteiger partial charge in [-0.15, -0.1) is 0 Å². The minimum absolute atomic E-state index is 0.0858. The first-order chi connectivity index (χ1) is 10.2. The molecular weight excluding hydrogens is 284 g/mol. The van der Waals surface area contributed by atoms with E-state index in [-0.39, 0.29) is 5.97 Å². The van der Waals surface area contributed by atoms with Crippen molar-refractivity contribution < 1.29 is 18.4 Å². The number of ether oxygens (including phenoxy) is 1. The summed E-state index contributed by atoms with van der Waals surface area (Å²) in [7, 11) is 0.0863. The van der Waals surface area contributed by atoms with Crippen molar-refractivity contribution in [3.8, 4) is 0 Å². The molecule has 21 heavy (non-hydrogen) atoms. The van der Waals surface area contributed by atoms with Crippen molar-refractivity contribution in [2.75, 3.05) is 20.3 Å². The summed E-state index contributed by atoms with van der Waals surface area (Å²) in [5.41, 5.74) is 0. The molecule has 0 spiro atoms. The Morgan fingerprint density at radius 1 is 0.810 bits per heavy atom. The van der Waals surface area contributed by atoms with Crippen molar-refractivity contribution in [3.05, 3.63) is 0 Å². The normalized spacial score (nSPS) is 11.0. The van der Waals surface area contributed by atoms with Crippen LogP contribution in [0.2, 0.25) is 6.04 Å². The highest BCUT2D eigenvalue weighted by Gasteiger charge is 2.10. The molecule has 0 bridgehead atoms. The molecule has 0 amide bonds. The zero-order valence-corrected chi connectivity index (χ0v) is 15.4. The van der Waals surface area contributed by atoms with Gasteiger partial charge in [-0.25, -0.2) is 0 Å². The van der Waals surface area contributed by atoms with Gasteiger partial charge in [0.05, 0.1) is 7.11 Å². The fourth-order valence-corrected chi connectivity index (χ4v) is 4.12. The lowest BCUT2D eigenvalue weighted by molar-refractivity contribution is -0.140. The molecule has 126 valence electrons. The van der Waals surface area contributed by atoms with Crippen LogP contribution in [0, 0.1) is 0 Å². The summed E-state index contributed by atoms with van der Waals surface area (Å²) >= 11 is 0. The monoisotopic (exact) mass is 318 g/mol. The molecule has 5 heteroatoms. The van der Waals surface area contributed by atoms with E-state index in [0.717, 1.165) is 32.1 Å². The van der Waals surface area contributed by atoms with E-state index >= 15 is 0 Å². The quantitative estimate of drug-likeness (QED) is 0.260. The minimum atomic E-state index is -1.36. The minimum Gasteiger partial charge on any atom is -0.469 e. The lowest BCUT2D eigenvalue weighted by Gasteiger charge is -2.14. The summed E-state index contributed by atoms with van der Waals surface area (Å²) in [6.07, 6.45) is 10.3. The summed E-state index contributed by atoms with van der Waals surface area (Å²) in [6.45, 7) is 5.64. The van der Waals surface area contributed by atoms with Crippen LogP contribution in [0.3, 0.4) is 0 Å². The Morgan fingerprint density at radius 3 is 1.76 bits per heavy atom. The van der Waals surface area contributed by atoms with Gasteiger partial charge in [0.2, 0.25) is 0 Å². The molecule has 0 fully saturated rings. The molecule has 0 N–H and O–H groups in total. The molecule has 0 rings (SSSR count). The van der Waals surface area contributed by atoms with E-state index in [0.29, 0.717) is 6.42 Å².